The second-order valence-electron chi connectivity index (χ2n) is 5.61. The van der Waals surface area contributed by atoms with E-state index in [0.717, 1.165) is 11.1 Å². The Balaban J connectivity index is 1.73. The summed E-state index contributed by atoms with van der Waals surface area (Å²) in [5.41, 5.74) is 7.72. The van der Waals surface area contributed by atoms with Crippen molar-refractivity contribution in [2.75, 3.05) is 27.4 Å². The van der Waals surface area contributed by atoms with Crippen LogP contribution in [-0.4, -0.2) is 33.3 Å². The first-order valence-corrected chi connectivity index (χ1v) is 9.05. The fraction of sp³-hybridized carbons (Fsp3) is 0.316. The molecule has 0 aromatic heterocycles. The molecule has 0 fully saturated rings. The monoisotopic (exact) mass is 411 g/mol. The molecule has 8 heteroatoms. The molecular weight excluding hydrogens is 389 g/mol. The zero-order valence-electron chi connectivity index (χ0n) is 15.3. The molecule has 146 valence electrons. The van der Waals surface area contributed by atoms with E-state index >= 15 is 0 Å². The summed E-state index contributed by atoms with van der Waals surface area (Å²) in [4.78, 5) is 4.30. The number of methoxy groups -OCH3 is 2. The molecule has 2 aromatic carbocycles. The van der Waals surface area contributed by atoms with Gasteiger partial charge in [0, 0.05) is 16.6 Å². The van der Waals surface area contributed by atoms with Gasteiger partial charge in [0.1, 0.15) is 0 Å². The largest absolute Gasteiger partial charge is 0.493 e. The molecule has 0 aliphatic rings. The SMILES string of the molecule is COc1ccc(CN=C(N)NCCOCc2ccc(Cl)cc2Cl)cc1OC. The van der Waals surface area contributed by atoms with Gasteiger partial charge < -0.3 is 25.3 Å². The van der Waals surface area contributed by atoms with Crippen LogP contribution in [0.2, 0.25) is 10.0 Å². The lowest BCUT2D eigenvalue weighted by atomic mass is 10.2. The summed E-state index contributed by atoms with van der Waals surface area (Å²) in [6, 6.07) is 10.9. The Morgan fingerprint density at radius 1 is 1.07 bits per heavy atom. The first-order valence-electron chi connectivity index (χ1n) is 8.30. The van der Waals surface area contributed by atoms with Crippen LogP contribution < -0.4 is 20.5 Å². The fourth-order valence-electron chi connectivity index (χ4n) is 2.28. The summed E-state index contributed by atoms with van der Waals surface area (Å²) in [5.74, 6) is 1.68. The summed E-state index contributed by atoms with van der Waals surface area (Å²) >= 11 is 12.0. The highest BCUT2D eigenvalue weighted by atomic mass is 35.5. The van der Waals surface area contributed by atoms with Gasteiger partial charge >= 0.3 is 0 Å². The predicted molar refractivity (Wildman–Crippen MR) is 109 cm³/mol. The van der Waals surface area contributed by atoms with Gasteiger partial charge in [0.2, 0.25) is 0 Å². The van der Waals surface area contributed by atoms with Crippen molar-refractivity contribution in [3.8, 4) is 11.5 Å². The van der Waals surface area contributed by atoms with Crippen LogP contribution in [-0.2, 0) is 17.9 Å². The van der Waals surface area contributed by atoms with Gasteiger partial charge in [0.25, 0.3) is 0 Å². The van der Waals surface area contributed by atoms with Gasteiger partial charge in [-0.2, -0.15) is 0 Å². The average molecular weight is 412 g/mol. The van der Waals surface area contributed by atoms with Crippen molar-refractivity contribution in [1.82, 2.24) is 5.32 Å². The number of nitrogens with zero attached hydrogens (tertiary/aromatic N) is 1. The first kappa shape index (κ1) is 21.2. The summed E-state index contributed by atoms with van der Waals surface area (Å²) in [6.45, 7) is 1.83. The molecule has 27 heavy (non-hydrogen) atoms. The maximum absolute atomic E-state index is 6.10. The van der Waals surface area contributed by atoms with E-state index in [1.165, 1.54) is 0 Å². The Bertz CT molecular complexity index is 785. The van der Waals surface area contributed by atoms with Crippen LogP contribution in [0.5, 0.6) is 11.5 Å². The molecule has 0 aliphatic carbocycles. The van der Waals surface area contributed by atoms with Gasteiger partial charge in [-0.05, 0) is 35.4 Å². The molecular formula is C19H23Cl2N3O3. The smallest absolute Gasteiger partial charge is 0.188 e. The van der Waals surface area contributed by atoms with Crippen molar-refractivity contribution >= 4 is 29.2 Å². The normalized spacial score (nSPS) is 11.3. The van der Waals surface area contributed by atoms with E-state index in [2.05, 4.69) is 10.3 Å². The van der Waals surface area contributed by atoms with Gasteiger partial charge in [-0.3, -0.25) is 0 Å². The highest BCUT2D eigenvalue weighted by Crippen LogP contribution is 2.27. The van der Waals surface area contributed by atoms with Gasteiger partial charge in [-0.25, -0.2) is 4.99 Å². The second kappa shape index (κ2) is 10.9. The van der Waals surface area contributed by atoms with E-state index in [1.54, 1.807) is 26.4 Å². The maximum Gasteiger partial charge on any atom is 0.188 e. The Kier molecular flexibility index (Phi) is 8.51. The van der Waals surface area contributed by atoms with E-state index in [1.807, 2.05) is 24.3 Å². The van der Waals surface area contributed by atoms with Gasteiger partial charge in [-0.15, -0.1) is 0 Å². The predicted octanol–water partition coefficient (Wildman–Crippen LogP) is 3.63. The molecule has 0 unspecified atom stereocenters. The molecule has 2 rings (SSSR count). The molecule has 3 N–H and O–H groups in total. The highest BCUT2D eigenvalue weighted by Gasteiger charge is 2.04. The standard InChI is InChI=1S/C19H23Cl2N3O3/c1-25-17-6-3-13(9-18(17)26-2)11-24-19(22)23-7-8-27-12-14-4-5-15(20)10-16(14)21/h3-6,9-10H,7-8,11-12H2,1-2H3,(H3,22,23,24). The van der Waals surface area contributed by atoms with Crippen LogP contribution >= 0.6 is 23.2 Å². The molecule has 0 saturated carbocycles. The van der Waals surface area contributed by atoms with E-state index in [4.69, 9.17) is 43.1 Å². The minimum atomic E-state index is 0.345. The van der Waals surface area contributed by atoms with Crippen molar-refractivity contribution in [2.24, 2.45) is 10.7 Å². The van der Waals surface area contributed by atoms with Crippen LogP contribution in [0.15, 0.2) is 41.4 Å². The molecule has 0 saturated heterocycles. The molecule has 0 radical (unpaired) electrons. The molecule has 0 aliphatic heterocycles. The molecule has 0 amide bonds. The quantitative estimate of drug-likeness (QED) is 0.374. The second-order valence-corrected chi connectivity index (χ2v) is 6.45. The van der Waals surface area contributed by atoms with Crippen molar-refractivity contribution in [2.45, 2.75) is 13.2 Å². The first-order chi connectivity index (χ1) is 13.0. The number of hydrogen-bond acceptors (Lipinski definition) is 4. The average Bonchev–Trinajstić information content (AvgIpc) is 2.67. The number of aliphatic imine (C=N–C) groups is 1. The Hall–Kier alpha value is -2.15. The van der Waals surface area contributed by atoms with Crippen LogP contribution in [0.1, 0.15) is 11.1 Å². The van der Waals surface area contributed by atoms with Crippen LogP contribution in [0, 0.1) is 0 Å². The van der Waals surface area contributed by atoms with E-state index < -0.39 is 0 Å². The van der Waals surface area contributed by atoms with Gasteiger partial charge in [0.05, 0.1) is 34.0 Å². The van der Waals surface area contributed by atoms with Gasteiger partial charge in [0.15, 0.2) is 17.5 Å². The Morgan fingerprint density at radius 2 is 1.85 bits per heavy atom. The zero-order valence-corrected chi connectivity index (χ0v) is 16.8. The maximum atomic E-state index is 6.10. The molecule has 2 aromatic rings. The van der Waals surface area contributed by atoms with E-state index in [-0.39, 0.29) is 0 Å². The van der Waals surface area contributed by atoms with Crippen LogP contribution in [0.4, 0.5) is 0 Å². The lowest BCUT2D eigenvalue weighted by Gasteiger charge is -2.10. The molecule has 0 heterocycles. The minimum absolute atomic E-state index is 0.345. The third-order valence-corrected chi connectivity index (χ3v) is 4.29. The minimum Gasteiger partial charge on any atom is -0.493 e. The van der Waals surface area contributed by atoms with Crippen molar-refractivity contribution < 1.29 is 14.2 Å². The molecule has 0 spiro atoms. The number of hydrogen-bond donors (Lipinski definition) is 2. The third-order valence-electron chi connectivity index (χ3n) is 3.71. The summed E-state index contributed by atoms with van der Waals surface area (Å²) < 4.78 is 16.1. The number of ether oxygens (including phenoxy) is 3. The highest BCUT2D eigenvalue weighted by molar-refractivity contribution is 6.35. The lowest BCUT2D eigenvalue weighted by molar-refractivity contribution is 0.125. The topological polar surface area (TPSA) is 78.1 Å². The number of rotatable bonds is 9. The zero-order chi connectivity index (χ0) is 19.6. The molecule has 0 bridgehead atoms. The fourth-order valence-corrected chi connectivity index (χ4v) is 2.75. The number of guanidine groups is 1. The number of nitrogens with two attached hydrogens (primary N) is 1. The van der Waals surface area contributed by atoms with Crippen LogP contribution in [0.3, 0.4) is 0 Å². The molecule has 0 atom stereocenters. The van der Waals surface area contributed by atoms with E-state index in [9.17, 15) is 0 Å². The number of halogens is 2. The van der Waals surface area contributed by atoms with Gasteiger partial charge in [-0.1, -0.05) is 35.3 Å². The summed E-state index contributed by atoms with van der Waals surface area (Å²) in [5, 5.41) is 4.20. The van der Waals surface area contributed by atoms with E-state index in [0.29, 0.717) is 53.8 Å². The van der Waals surface area contributed by atoms with Crippen LogP contribution in [0.25, 0.3) is 0 Å². The number of nitrogens with one attached hydrogen (secondary N) is 1. The summed E-state index contributed by atoms with van der Waals surface area (Å²) in [6.07, 6.45) is 0. The Morgan fingerprint density at radius 3 is 2.56 bits per heavy atom. The van der Waals surface area contributed by atoms with Crippen molar-refractivity contribution in [3.05, 3.63) is 57.6 Å². The molecule has 6 nitrogen and oxygen atoms in total. The number of benzene rings is 2. The third kappa shape index (κ3) is 6.82. The summed E-state index contributed by atoms with van der Waals surface area (Å²) in [7, 11) is 3.19. The van der Waals surface area contributed by atoms with Crippen molar-refractivity contribution in [3.63, 3.8) is 0 Å². The Labute approximate surface area is 169 Å². The van der Waals surface area contributed by atoms with Crippen molar-refractivity contribution in [1.29, 1.82) is 0 Å². The lowest BCUT2D eigenvalue weighted by Crippen LogP contribution is -2.34.